The number of halogens is 1. The van der Waals surface area contributed by atoms with Crippen molar-refractivity contribution in [2.45, 2.75) is 13.5 Å². The summed E-state index contributed by atoms with van der Waals surface area (Å²) in [6.07, 6.45) is 1.56. The maximum Gasteiger partial charge on any atom is 0.222 e. The molecule has 1 amide bonds. The third-order valence-electron chi connectivity index (χ3n) is 2.51. The highest BCUT2D eigenvalue weighted by Gasteiger charge is 2.03. The molecule has 2 rings (SSSR count). The van der Waals surface area contributed by atoms with Gasteiger partial charge in [0.2, 0.25) is 5.91 Å². The highest BCUT2D eigenvalue weighted by atomic mass is 19.1. The first-order chi connectivity index (χ1) is 9.54. The fourth-order valence-corrected chi connectivity index (χ4v) is 1.58. The number of nitrogen functional groups attached to an aromatic ring is 1. The number of rotatable bonds is 4. The number of aromatic nitrogens is 1. The molecule has 2 aromatic rings. The van der Waals surface area contributed by atoms with Crippen LogP contribution in [0.5, 0.6) is 5.75 Å². The predicted octanol–water partition coefficient (Wildman–Crippen LogP) is 2.34. The van der Waals surface area contributed by atoms with Gasteiger partial charge in [-0.2, -0.15) is 0 Å². The topological polar surface area (TPSA) is 77.2 Å². The van der Waals surface area contributed by atoms with Crippen molar-refractivity contribution in [3.8, 4) is 5.75 Å². The number of carbonyl (C=O) groups is 1. The Morgan fingerprint density at radius 1 is 1.40 bits per heavy atom. The van der Waals surface area contributed by atoms with Crippen molar-refractivity contribution in [1.29, 1.82) is 0 Å². The number of carbonyl (C=O) groups excluding carboxylic acids is 1. The Morgan fingerprint density at radius 3 is 2.90 bits per heavy atom. The van der Waals surface area contributed by atoms with Crippen molar-refractivity contribution in [3.63, 3.8) is 0 Å². The number of ether oxygens (including phenoxy) is 1. The molecule has 0 radical (unpaired) electrons. The van der Waals surface area contributed by atoms with Crippen molar-refractivity contribution >= 4 is 17.4 Å². The second-order valence-electron chi connectivity index (χ2n) is 4.20. The number of nitrogens with two attached hydrogens (primary N) is 1. The van der Waals surface area contributed by atoms with Crippen LogP contribution in [0, 0.1) is 5.82 Å². The van der Waals surface area contributed by atoms with Gasteiger partial charge in [-0.15, -0.1) is 0 Å². The molecule has 20 heavy (non-hydrogen) atoms. The molecule has 1 heterocycles. The summed E-state index contributed by atoms with van der Waals surface area (Å²) in [5.41, 5.74) is 6.27. The van der Waals surface area contributed by atoms with Gasteiger partial charge >= 0.3 is 0 Å². The Morgan fingerprint density at radius 2 is 2.20 bits per heavy atom. The first-order valence-electron chi connectivity index (χ1n) is 5.95. The van der Waals surface area contributed by atoms with E-state index in [9.17, 15) is 9.18 Å². The molecule has 5 nitrogen and oxygen atoms in total. The van der Waals surface area contributed by atoms with E-state index in [1.165, 1.54) is 19.1 Å². The highest BCUT2D eigenvalue weighted by molar-refractivity contribution is 5.87. The van der Waals surface area contributed by atoms with Crippen LogP contribution in [0.1, 0.15) is 12.5 Å². The van der Waals surface area contributed by atoms with Crippen LogP contribution in [-0.2, 0) is 11.4 Å². The van der Waals surface area contributed by atoms with E-state index in [4.69, 9.17) is 10.5 Å². The molecule has 6 heteroatoms. The Kier molecular flexibility index (Phi) is 4.14. The normalized spacial score (nSPS) is 10.1. The van der Waals surface area contributed by atoms with Gasteiger partial charge < -0.3 is 15.8 Å². The molecule has 0 saturated heterocycles. The van der Waals surface area contributed by atoms with Crippen LogP contribution in [0.15, 0.2) is 36.5 Å². The summed E-state index contributed by atoms with van der Waals surface area (Å²) in [5.74, 6) is 0.115. The lowest BCUT2D eigenvalue weighted by Crippen LogP contribution is -2.08. The number of nitrogens with zero attached hydrogens (tertiary/aromatic N) is 1. The first kappa shape index (κ1) is 13.8. The van der Waals surface area contributed by atoms with Gasteiger partial charge in [-0.25, -0.2) is 9.37 Å². The third kappa shape index (κ3) is 3.68. The van der Waals surface area contributed by atoms with Crippen LogP contribution in [-0.4, -0.2) is 10.9 Å². The van der Waals surface area contributed by atoms with E-state index < -0.39 is 5.82 Å². The minimum atomic E-state index is -0.517. The van der Waals surface area contributed by atoms with Gasteiger partial charge in [0.15, 0.2) is 0 Å². The van der Waals surface area contributed by atoms with Crippen LogP contribution in [0.25, 0.3) is 0 Å². The molecule has 0 saturated carbocycles. The molecule has 104 valence electrons. The van der Waals surface area contributed by atoms with E-state index in [2.05, 4.69) is 10.3 Å². The van der Waals surface area contributed by atoms with E-state index in [0.717, 1.165) is 5.56 Å². The summed E-state index contributed by atoms with van der Waals surface area (Å²) in [5, 5.41) is 2.58. The molecule has 0 atom stereocenters. The average Bonchev–Trinajstić information content (AvgIpc) is 2.40. The van der Waals surface area contributed by atoms with Crippen molar-refractivity contribution in [2.24, 2.45) is 0 Å². The highest BCUT2D eigenvalue weighted by Crippen LogP contribution is 2.19. The quantitative estimate of drug-likeness (QED) is 0.840. The lowest BCUT2D eigenvalue weighted by molar-refractivity contribution is -0.114. The molecule has 0 bridgehead atoms. The summed E-state index contributed by atoms with van der Waals surface area (Å²) >= 11 is 0. The summed E-state index contributed by atoms with van der Waals surface area (Å²) in [7, 11) is 0. The molecule has 0 spiro atoms. The van der Waals surface area contributed by atoms with E-state index >= 15 is 0 Å². The molecule has 0 aliphatic rings. The zero-order valence-corrected chi connectivity index (χ0v) is 10.9. The van der Waals surface area contributed by atoms with Gasteiger partial charge in [-0.3, -0.25) is 4.79 Å². The second kappa shape index (κ2) is 6.01. The SMILES string of the molecule is CC(=O)Nc1cc(COc2ccc(N)c(F)c2)ccn1. The van der Waals surface area contributed by atoms with Crippen LogP contribution in [0.2, 0.25) is 0 Å². The fraction of sp³-hybridized carbons (Fsp3) is 0.143. The predicted molar refractivity (Wildman–Crippen MR) is 73.7 cm³/mol. The maximum absolute atomic E-state index is 13.3. The molecule has 1 aromatic carbocycles. The molecular weight excluding hydrogens is 261 g/mol. The number of hydrogen-bond donors (Lipinski definition) is 2. The molecule has 0 unspecified atom stereocenters. The Balaban J connectivity index is 2.03. The lowest BCUT2D eigenvalue weighted by atomic mass is 10.2. The van der Waals surface area contributed by atoms with Crippen LogP contribution >= 0.6 is 0 Å². The van der Waals surface area contributed by atoms with Crippen molar-refractivity contribution in [1.82, 2.24) is 4.98 Å². The van der Waals surface area contributed by atoms with Gasteiger partial charge in [-0.05, 0) is 29.8 Å². The summed E-state index contributed by atoms with van der Waals surface area (Å²) in [6.45, 7) is 1.64. The zero-order valence-electron chi connectivity index (χ0n) is 10.9. The first-order valence-corrected chi connectivity index (χ1v) is 5.95. The molecule has 0 aliphatic heterocycles. The smallest absolute Gasteiger partial charge is 0.222 e. The largest absolute Gasteiger partial charge is 0.489 e. The summed E-state index contributed by atoms with van der Waals surface area (Å²) in [4.78, 5) is 14.9. The number of benzene rings is 1. The molecule has 0 fully saturated rings. The number of pyridine rings is 1. The van der Waals surface area contributed by atoms with Gasteiger partial charge in [0.05, 0.1) is 5.69 Å². The molecule has 0 aliphatic carbocycles. The number of amides is 1. The minimum Gasteiger partial charge on any atom is -0.489 e. The van der Waals surface area contributed by atoms with Gasteiger partial charge in [-0.1, -0.05) is 0 Å². The van der Waals surface area contributed by atoms with Crippen molar-refractivity contribution in [3.05, 3.63) is 47.9 Å². The molecular formula is C14H14FN3O2. The lowest BCUT2D eigenvalue weighted by Gasteiger charge is -2.08. The summed E-state index contributed by atoms with van der Waals surface area (Å²) < 4.78 is 18.7. The Bertz CT molecular complexity index is 632. The van der Waals surface area contributed by atoms with E-state index in [-0.39, 0.29) is 18.2 Å². The summed E-state index contributed by atoms with van der Waals surface area (Å²) in [6, 6.07) is 7.70. The second-order valence-corrected chi connectivity index (χ2v) is 4.20. The van der Waals surface area contributed by atoms with E-state index in [1.54, 1.807) is 24.4 Å². The standard InChI is InChI=1S/C14H14FN3O2/c1-9(19)18-14-6-10(4-5-17-14)8-20-11-2-3-13(16)12(15)7-11/h2-7H,8,16H2,1H3,(H,17,18,19). The van der Waals surface area contributed by atoms with Crippen molar-refractivity contribution < 1.29 is 13.9 Å². The van der Waals surface area contributed by atoms with Gasteiger partial charge in [0.1, 0.15) is 24.0 Å². The van der Waals surface area contributed by atoms with Crippen molar-refractivity contribution in [2.75, 3.05) is 11.1 Å². The van der Waals surface area contributed by atoms with E-state index in [1.807, 2.05) is 0 Å². The monoisotopic (exact) mass is 275 g/mol. The van der Waals surface area contributed by atoms with Crippen LogP contribution in [0.4, 0.5) is 15.9 Å². The maximum atomic E-state index is 13.3. The van der Waals surface area contributed by atoms with Gasteiger partial charge in [0.25, 0.3) is 0 Å². The number of anilines is 2. The minimum absolute atomic E-state index is 0.0780. The molecule has 3 N–H and O–H groups in total. The number of hydrogen-bond acceptors (Lipinski definition) is 4. The Labute approximate surface area is 115 Å². The van der Waals surface area contributed by atoms with E-state index in [0.29, 0.717) is 11.6 Å². The van der Waals surface area contributed by atoms with Crippen LogP contribution < -0.4 is 15.8 Å². The zero-order chi connectivity index (χ0) is 14.5. The average molecular weight is 275 g/mol. The number of nitrogens with one attached hydrogen (secondary N) is 1. The van der Waals surface area contributed by atoms with Crippen LogP contribution in [0.3, 0.4) is 0 Å². The fourth-order valence-electron chi connectivity index (χ4n) is 1.58. The third-order valence-corrected chi connectivity index (χ3v) is 2.51. The van der Waals surface area contributed by atoms with Gasteiger partial charge in [0, 0.05) is 19.2 Å². The molecule has 1 aromatic heterocycles. The Hall–Kier alpha value is -2.63.